The monoisotopic (exact) mass is 428 g/mol. The van der Waals surface area contributed by atoms with Crippen LogP contribution in [0.15, 0.2) is 53.6 Å². The molecule has 9 nitrogen and oxygen atoms in total. The van der Waals surface area contributed by atoms with Crippen LogP contribution in [0.3, 0.4) is 0 Å². The van der Waals surface area contributed by atoms with Gasteiger partial charge in [0.25, 0.3) is 11.6 Å². The van der Waals surface area contributed by atoms with Crippen LogP contribution >= 0.6 is 0 Å². The fourth-order valence-corrected chi connectivity index (χ4v) is 3.26. The van der Waals surface area contributed by atoms with Gasteiger partial charge in [-0.25, -0.2) is 9.40 Å². The van der Waals surface area contributed by atoms with Crippen LogP contribution in [-0.4, -0.2) is 59.7 Å². The Hall–Kier alpha value is -3.66. The second-order valence-electron chi connectivity index (χ2n) is 7.05. The molecule has 0 saturated carbocycles. The van der Waals surface area contributed by atoms with Gasteiger partial charge in [0.2, 0.25) is 5.91 Å². The van der Waals surface area contributed by atoms with Crippen LogP contribution < -0.4 is 0 Å². The maximum Gasteiger partial charge on any atom is 0.269 e. The Morgan fingerprint density at radius 1 is 1.29 bits per heavy atom. The van der Waals surface area contributed by atoms with Gasteiger partial charge < -0.3 is 9.64 Å². The molecule has 0 aliphatic carbocycles. The Morgan fingerprint density at radius 2 is 2.00 bits per heavy atom. The first-order valence-corrected chi connectivity index (χ1v) is 9.43. The molecule has 2 aromatic rings. The summed E-state index contributed by atoms with van der Waals surface area (Å²) in [5.74, 6) is -1.23. The van der Waals surface area contributed by atoms with Crippen molar-refractivity contribution in [1.29, 1.82) is 0 Å². The van der Waals surface area contributed by atoms with Crippen LogP contribution in [-0.2, 0) is 14.3 Å². The summed E-state index contributed by atoms with van der Waals surface area (Å²) in [6.45, 7) is -0.407. The Kier molecular flexibility index (Phi) is 6.71. The molecule has 0 N–H and O–H groups in total. The molecular weight excluding hydrogens is 407 g/mol. The summed E-state index contributed by atoms with van der Waals surface area (Å²) in [7, 11) is 2.86. The van der Waals surface area contributed by atoms with Crippen LogP contribution in [0.4, 0.5) is 10.1 Å². The van der Waals surface area contributed by atoms with E-state index in [1.54, 1.807) is 24.3 Å². The van der Waals surface area contributed by atoms with Crippen molar-refractivity contribution >= 4 is 23.2 Å². The van der Waals surface area contributed by atoms with Crippen LogP contribution in [0.1, 0.15) is 23.6 Å². The maximum atomic E-state index is 13.3. The van der Waals surface area contributed by atoms with E-state index in [1.807, 2.05) is 0 Å². The molecule has 1 aliphatic heterocycles. The molecule has 2 amide bonds. The molecular formula is C21H21FN4O5. The molecule has 1 aliphatic rings. The molecule has 1 heterocycles. The first-order valence-electron chi connectivity index (χ1n) is 9.43. The molecule has 0 unspecified atom stereocenters. The molecule has 2 aromatic carbocycles. The van der Waals surface area contributed by atoms with Crippen molar-refractivity contribution in [1.82, 2.24) is 9.91 Å². The quantitative estimate of drug-likeness (QED) is 0.498. The molecule has 0 spiro atoms. The minimum absolute atomic E-state index is 0.104. The standard InChI is InChI=1S/C21H21FN4O5/c1-24(21(28)13-31-2)12-20(27)25-19(15-4-3-5-17(10-15)26(29)30)11-18(23-25)14-6-8-16(22)9-7-14/h3-10,19H,11-13H2,1-2H3/t19-/m0/s1. The van der Waals surface area contributed by atoms with Crippen molar-refractivity contribution < 1.29 is 23.6 Å². The average molecular weight is 428 g/mol. The van der Waals surface area contributed by atoms with Gasteiger partial charge in [0, 0.05) is 32.7 Å². The summed E-state index contributed by atoms with van der Waals surface area (Å²) >= 11 is 0. The second kappa shape index (κ2) is 9.43. The van der Waals surface area contributed by atoms with Crippen LogP contribution in [0.25, 0.3) is 0 Å². The van der Waals surface area contributed by atoms with Gasteiger partial charge in [-0.15, -0.1) is 0 Å². The number of ether oxygens (including phenoxy) is 1. The molecule has 1 atom stereocenters. The average Bonchev–Trinajstić information content (AvgIpc) is 3.20. The summed E-state index contributed by atoms with van der Waals surface area (Å²) in [5.41, 5.74) is 1.61. The van der Waals surface area contributed by atoms with E-state index in [0.717, 1.165) is 0 Å². The Morgan fingerprint density at radius 3 is 2.65 bits per heavy atom. The van der Waals surface area contributed by atoms with Gasteiger partial charge in [0.15, 0.2) is 0 Å². The van der Waals surface area contributed by atoms with E-state index < -0.39 is 22.7 Å². The first-order chi connectivity index (χ1) is 14.8. The zero-order valence-corrected chi connectivity index (χ0v) is 17.0. The SMILES string of the molecule is COCC(=O)N(C)CC(=O)N1N=C(c2ccc(F)cc2)C[C@H]1c1cccc([N+](=O)[O-])c1. The number of methoxy groups -OCH3 is 1. The van der Waals surface area contributed by atoms with E-state index in [1.165, 1.54) is 48.3 Å². The second-order valence-corrected chi connectivity index (χ2v) is 7.05. The molecule has 3 rings (SSSR count). The largest absolute Gasteiger partial charge is 0.375 e. The van der Waals surface area contributed by atoms with E-state index in [-0.39, 0.29) is 31.2 Å². The number of amides is 2. The van der Waals surface area contributed by atoms with E-state index in [4.69, 9.17) is 4.74 Å². The van der Waals surface area contributed by atoms with Crippen LogP contribution in [0, 0.1) is 15.9 Å². The van der Waals surface area contributed by atoms with Crippen molar-refractivity contribution in [3.63, 3.8) is 0 Å². The number of non-ortho nitro benzene ring substituents is 1. The highest BCUT2D eigenvalue weighted by Crippen LogP contribution is 2.34. The van der Waals surface area contributed by atoms with Gasteiger partial charge in [0.1, 0.15) is 19.0 Å². The van der Waals surface area contributed by atoms with Gasteiger partial charge in [-0.1, -0.05) is 24.3 Å². The van der Waals surface area contributed by atoms with Gasteiger partial charge in [-0.2, -0.15) is 5.10 Å². The molecule has 0 aromatic heterocycles. The number of carbonyl (C=O) groups excluding carboxylic acids is 2. The number of nitro groups is 1. The number of hydrogen-bond donors (Lipinski definition) is 0. The van der Waals surface area contributed by atoms with Gasteiger partial charge in [-0.05, 0) is 23.3 Å². The summed E-state index contributed by atoms with van der Waals surface area (Å²) < 4.78 is 18.1. The smallest absolute Gasteiger partial charge is 0.269 e. The normalized spacial score (nSPS) is 15.5. The highest BCUT2D eigenvalue weighted by atomic mass is 19.1. The van der Waals surface area contributed by atoms with Crippen molar-refractivity contribution in [2.45, 2.75) is 12.5 Å². The lowest BCUT2D eigenvalue weighted by Gasteiger charge is -2.24. The molecule has 162 valence electrons. The number of rotatable bonds is 7. The lowest BCUT2D eigenvalue weighted by molar-refractivity contribution is -0.385. The van der Waals surface area contributed by atoms with Gasteiger partial charge in [0.05, 0.1) is 16.7 Å². The highest BCUT2D eigenvalue weighted by molar-refractivity contribution is 6.03. The van der Waals surface area contributed by atoms with E-state index in [9.17, 15) is 24.1 Å². The van der Waals surface area contributed by atoms with Crippen molar-refractivity contribution in [2.75, 3.05) is 27.3 Å². The Labute approximate surface area is 177 Å². The van der Waals surface area contributed by atoms with Crippen molar-refractivity contribution in [3.8, 4) is 0 Å². The molecule has 0 bridgehead atoms. The fourth-order valence-electron chi connectivity index (χ4n) is 3.26. The molecule has 10 heteroatoms. The highest BCUT2D eigenvalue weighted by Gasteiger charge is 2.34. The van der Waals surface area contributed by atoms with E-state index in [0.29, 0.717) is 16.8 Å². The maximum absolute atomic E-state index is 13.3. The minimum atomic E-state index is -0.599. The number of carbonyl (C=O) groups is 2. The van der Waals surface area contributed by atoms with E-state index in [2.05, 4.69) is 5.10 Å². The van der Waals surface area contributed by atoms with Crippen LogP contribution in [0.5, 0.6) is 0 Å². The number of benzene rings is 2. The number of hydrogen-bond acceptors (Lipinski definition) is 6. The fraction of sp³-hybridized carbons (Fsp3) is 0.286. The predicted molar refractivity (Wildman–Crippen MR) is 110 cm³/mol. The number of nitro benzene ring substituents is 1. The molecule has 0 radical (unpaired) electrons. The minimum Gasteiger partial charge on any atom is -0.375 e. The third kappa shape index (κ3) is 5.10. The topological polar surface area (TPSA) is 105 Å². The first kappa shape index (κ1) is 22.0. The Balaban J connectivity index is 1.92. The summed E-state index contributed by atoms with van der Waals surface area (Å²) in [5, 5.41) is 16.8. The van der Waals surface area contributed by atoms with Gasteiger partial charge >= 0.3 is 0 Å². The number of halogens is 1. The lowest BCUT2D eigenvalue weighted by Crippen LogP contribution is -2.40. The van der Waals surface area contributed by atoms with Gasteiger partial charge in [-0.3, -0.25) is 19.7 Å². The van der Waals surface area contributed by atoms with Crippen molar-refractivity contribution in [3.05, 3.63) is 75.6 Å². The Bertz CT molecular complexity index is 1020. The zero-order valence-electron chi connectivity index (χ0n) is 17.0. The molecule has 0 saturated heterocycles. The number of nitrogens with zero attached hydrogens (tertiary/aromatic N) is 4. The summed E-state index contributed by atoms with van der Waals surface area (Å²) in [6, 6.07) is 11.1. The third-order valence-electron chi connectivity index (χ3n) is 4.88. The summed E-state index contributed by atoms with van der Waals surface area (Å²) in [4.78, 5) is 36.9. The number of hydrazone groups is 1. The van der Waals surface area contributed by atoms with E-state index >= 15 is 0 Å². The summed E-state index contributed by atoms with van der Waals surface area (Å²) in [6.07, 6.45) is 0.286. The third-order valence-corrected chi connectivity index (χ3v) is 4.88. The molecule has 0 fully saturated rings. The lowest BCUT2D eigenvalue weighted by atomic mass is 9.98. The number of likely N-dealkylation sites (N-methyl/N-ethyl adjacent to an activating group) is 1. The predicted octanol–water partition coefficient (Wildman–Crippen LogP) is 2.52. The van der Waals surface area contributed by atoms with Crippen LogP contribution in [0.2, 0.25) is 0 Å². The van der Waals surface area contributed by atoms with Crippen molar-refractivity contribution in [2.24, 2.45) is 5.10 Å². The molecule has 31 heavy (non-hydrogen) atoms. The zero-order chi connectivity index (χ0) is 22.5.